The first-order valence-electron chi connectivity index (χ1n) is 4.76. The topological polar surface area (TPSA) is 0 Å². The third kappa shape index (κ3) is 6.68. The van der Waals surface area contributed by atoms with Crippen LogP contribution in [0, 0.1) is 11.8 Å². The van der Waals surface area contributed by atoms with Crippen LogP contribution in [0.25, 0.3) is 0 Å². The average Bonchev–Trinajstić information content (AvgIpc) is 2.01. The average molecular weight is 177 g/mol. The van der Waals surface area contributed by atoms with Gasteiger partial charge in [0.15, 0.2) is 0 Å². The molecule has 0 rings (SSSR count). The molecule has 0 aromatic rings. The molecular weight excluding hydrogens is 156 g/mol. The highest BCUT2D eigenvalue weighted by Crippen LogP contribution is 2.17. The van der Waals surface area contributed by atoms with Crippen LogP contribution in [-0.4, -0.2) is 5.88 Å². The number of alkyl halides is 1. The van der Waals surface area contributed by atoms with Crippen molar-refractivity contribution < 1.29 is 0 Å². The van der Waals surface area contributed by atoms with Gasteiger partial charge in [-0.05, 0) is 18.3 Å². The predicted octanol–water partition coefficient (Wildman–Crippen LogP) is 4.08. The zero-order chi connectivity index (χ0) is 8.69. The van der Waals surface area contributed by atoms with Gasteiger partial charge < -0.3 is 0 Å². The van der Waals surface area contributed by atoms with Gasteiger partial charge in [-0.3, -0.25) is 0 Å². The van der Waals surface area contributed by atoms with Gasteiger partial charge in [-0.1, -0.05) is 40.0 Å². The fraction of sp³-hybridized carbons (Fsp3) is 1.00. The zero-order valence-electron chi connectivity index (χ0n) is 8.07. The minimum Gasteiger partial charge on any atom is -0.127 e. The Morgan fingerprint density at radius 3 is 2.00 bits per heavy atom. The Morgan fingerprint density at radius 1 is 1.00 bits per heavy atom. The van der Waals surface area contributed by atoms with Gasteiger partial charge in [-0.15, -0.1) is 11.6 Å². The lowest BCUT2D eigenvalue weighted by Crippen LogP contribution is -1.99. The molecule has 0 saturated heterocycles. The predicted molar refractivity (Wildman–Crippen MR) is 53.2 cm³/mol. The van der Waals surface area contributed by atoms with Crippen molar-refractivity contribution >= 4 is 11.6 Å². The van der Waals surface area contributed by atoms with Gasteiger partial charge in [0.25, 0.3) is 0 Å². The smallest absolute Gasteiger partial charge is 0.0225 e. The van der Waals surface area contributed by atoms with E-state index in [4.69, 9.17) is 11.6 Å². The number of hydrogen-bond acceptors (Lipinski definition) is 0. The summed E-state index contributed by atoms with van der Waals surface area (Å²) in [5, 5.41) is 0. The van der Waals surface area contributed by atoms with Crippen LogP contribution in [0.1, 0.15) is 46.5 Å². The number of hydrogen-bond donors (Lipinski definition) is 0. The molecule has 0 nitrogen and oxygen atoms in total. The minimum atomic E-state index is 0.821. The molecule has 2 atom stereocenters. The fourth-order valence-corrected chi connectivity index (χ4v) is 1.48. The highest BCUT2D eigenvalue weighted by atomic mass is 35.5. The van der Waals surface area contributed by atoms with E-state index in [1.165, 1.54) is 25.7 Å². The van der Waals surface area contributed by atoms with Crippen molar-refractivity contribution in [2.75, 3.05) is 5.88 Å². The molecule has 68 valence electrons. The van der Waals surface area contributed by atoms with E-state index in [1.54, 1.807) is 0 Å². The third-order valence-corrected chi connectivity index (χ3v) is 2.67. The van der Waals surface area contributed by atoms with Crippen molar-refractivity contribution in [3.63, 3.8) is 0 Å². The fourth-order valence-electron chi connectivity index (χ4n) is 1.10. The summed E-state index contributed by atoms with van der Waals surface area (Å²) in [4.78, 5) is 0. The summed E-state index contributed by atoms with van der Waals surface area (Å²) in [5.41, 5.74) is 0. The first kappa shape index (κ1) is 11.3. The van der Waals surface area contributed by atoms with Crippen molar-refractivity contribution in [2.45, 2.75) is 46.5 Å². The molecule has 0 aliphatic carbocycles. The lowest BCUT2D eigenvalue weighted by atomic mass is 9.95. The Labute approximate surface area is 76.3 Å². The molecule has 0 heterocycles. The number of rotatable bonds is 6. The first-order chi connectivity index (χ1) is 5.20. The number of halogens is 1. The Bertz CT molecular complexity index is 80.9. The van der Waals surface area contributed by atoms with Crippen molar-refractivity contribution in [1.29, 1.82) is 0 Å². The summed E-state index contributed by atoms with van der Waals surface area (Å²) in [7, 11) is 0. The van der Waals surface area contributed by atoms with E-state index >= 15 is 0 Å². The maximum absolute atomic E-state index is 5.65. The maximum atomic E-state index is 5.65. The van der Waals surface area contributed by atoms with E-state index in [1.807, 2.05) is 0 Å². The quantitative estimate of drug-likeness (QED) is 0.535. The molecule has 1 heteroatoms. The molecule has 0 amide bonds. The molecule has 0 aromatic carbocycles. The van der Waals surface area contributed by atoms with Gasteiger partial charge in [-0.2, -0.15) is 0 Å². The lowest BCUT2D eigenvalue weighted by molar-refractivity contribution is 0.417. The van der Waals surface area contributed by atoms with Crippen LogP contribution in [0.2, 0.25) is 0 Å². The van der Waals surface area contributed by atoms with Gasteiger partial charge in [0.1, 0.15) is 0 Å². The second kappa shape index (κ2) is 6.97. The van der Waals surface area contributed by atoms with Crippen molar-refractivity contribution in [1.82, 2.24) is 0 Å². The molecule has 0 spiro atoms. The normalized spacial score (nSPS) is 16.4. The molecule has 0 aliphatic heterocycles. The molecule has 0 aromatic heterocycles. The van der Waals surface area contributed by atoms with Crippen LogP contribution in [0.3, 0.4) is 0 Å². The van der Waals surface area contributed by atoms with Crippen molar-refractivity contribution in [2.24, 2.45) is 11.8 Å². The molecule has 0 radical (unpaired) electrons. The first-order valence-corrected chi connectivity index (χ1v) is 5.30. The van der Waals surface area contributed by atoms with Crippen LogP contribution in [0.15, 0.2) is 0 Å². The maximum Gasteiger partial charge on any atom is 0.0225 e. The molecule has 11 heavy (non-hydrogen) atoms. The Balaban J connectivity index is 3.22. The van der Waals surface area contributed by atoms with Crippen LogP contribution in [0.5, 0.6) is 0 Å². The zero-order valence-corrected chi connectivity index (χ0v) is 8.82. The van der Waals surface area contributed by atoms with E-state index in [2.05, 4.69) is 20.8 Å². The molecule has 0 fully saturated rings. The van der Waals surface area contributed by atoms with Gasteiger partial charge >= 0.3 is 0 Å². The van der Waals surface area contributed by atoms with Crippen LogP contribution in [-0.2, 0) is 0 Å². The summed E-state index contributed by atoms with van der Waals surface area (Å²) in [5.74, 6) is 2.54. The molecule has 1 unspecified atom stereocenters. The molecule has 0 bridgehead atoms. The highest BCUT2D eigenvalue weighted by molar-refractivity contribution is 6.17. The third-order valence-electron chi connectivity index (χ3n) is 2.45. The Morgan fingerprint density at radius 2 is 1.55 bits per heavy atom. The monoisotopic (exact) mass is 176 g/mol. The Hall–Kier alpha value is 0.290. The standard InChI is InChI=1S/C10H21Cl/c1-4-9(2)5-6-10(3)7-8-11/h9-10H,4-8H2,1-3H3/t9?,10-/m0/s1. The van der Waals surface area contributed by atoms with E-state index < -0.39 is 0 Å². The van der Waals surface area contributed by atoms with Crippen molar-refractivity contribution in [3.05, 3.63) is 0 Å². The van der Waals surface area contributed by atoms with Crippen LogP contribution >= 0.6 is 11.6 Å². The molecule has 0 saturated carbocycles. The van der Waals surface area contributed by atoms with E-state index in [0.29, 0.717) is 0 Å². The minimum absolute atomic E-state index is 0.821. The van der Waals surface area contributed by atoms with Crippen molar-refractivity contribution in [3.8, 4) is 0 Å². The summed E-state index contributed by atoms with van der Waals surface area (Å²) in [6.07, 6.45) is 5.21. The van der Waals surface area contributed by atoms with Crippen LogP contribution in [0.4, 0.5) is 0 Å². The van der Waals surface area contributed by atoms with Gasteiger partial charge in [0.05, 0.1) is 0 Å². The Kier molecular flexibility index (Phi) is 7.15. The molecular formula is C10H21Cl. The molecule has 0 aliphatic rings. The van der Waals surface area contributed by atoms with Crippen LogP contribution < -0.4 is 0 Å². The van der Waals surface area contributed by atoms with Gasteiger partial charge in [0, 0.05) is 5.88 Å². The SMILES string of the molecule is CCC(C)CC[C@H](C)CCCl. The van der Waals surface area contributed by atoms with Gasteiger partial charge in [0.2, 0.25) is 0 Å². The summed E-state index contributed by atoms with van der Waals surface area (Å²) >= 11 is 5.65. The summed E-state index contributed by atoms with van der Waals surface area (Å²) in [6, 6.07) is 0. The van der Waals surface area contributed by atoms with Gasteiger partial charge in [-0.25, -0.2) is 0 Å². The lowest BCUT2D eigenvalue weighted by Gasteiger charge is -2.12. The summed E-state index contributed by atoms with van der Waals surface area (Å²) < 4.78 is 0. The van der Waals surface area contributed by atoms with E-state index in [0.717, 1.165) is 17.7 Å². The second-order valence-corrected chi connectivity index (χ2v) is 4.05. The second-order valence-electron chi connectivity index (χ2n) is 3.67. The summed E-state index contributed by atoms with van der Waals surface area (Å²) in [6.45, 7) is 6.88. The molecule has 0 N–H and O–H groups in total. The van der Waals surface area contributed by atoms with E-state index in [-0.39, 0.29) is 0 Å². The van der Waals surface area contributed by atoms with E-state index in [9.17, 15) is 0 Å². The highest BCUT2D eigenvalue weighted by Gasteiger charge is 2.03. The largest absolute Gasteiger partial charge is 0.127 e.